The molecule has 0 spiro atoms. The van der Waals surface area contributed by atoms with Crippen LogP contribution in [-0.4, -0.2) is 5.11 Å². The molecular formula is C18H19NO2. The Morgan fingerprint density at radius 2 is 1.90 bits per heavy atom. The van der Waals surface area contributed by atoms with Crippen LogP contribution < -0.4 is 4.74 Å². The zero-order chi connectivity index (χ0) is 15.4. The van der Waals surface area contributed by atoms with Crippen molar-refractivity contribution in [2.24, 2.45) is 0 Å². The van der Waals surface area contributed by atoms with Gasteiger partial charge in [0.25, 0.3) is 0 Å². The van der Waals surface area contributed by atoms with E-state index in [0.29, 0.717) is 22.8 Å². The van der Waals surface area contributed by atoms with Crippen LogP contribution in [0.2, 0.25) is 0 Å². The first-order valence-corrected chi connectivity index (χ1v) is 6.97. The third-order valence-corrected chi connectivity index (χ3v) is 3.45. The van der Waals surface area contributed by atoms with E-state index in [2.05, 4.69) is 26.0 Å². The second-order valence-electron chi connectivity index (χ2n) is 5.38. The van der Waals surface area contributed by atoms with Gasteiger partial charge in [0.1, 0.15) is 17.6 Å². The maximum absolute atomic E-state index is 9.22. The molecule has 1 N–H and O–H groups in total. The van der Waals surface area contributed by atoms with Gasteiger partial charge in [0, 0.05) is 0 Å². The molecule has 0 aliphatic carbocycles. The van der Waals surface area contributed by atoms with Crippen LogP contribution in [0.3, 0.4) is 0 Å². The molecule has 0 saturated heterocycles. The van der Waals surface area contributed by atoms with E-state index in [1.165, 1.54) is 5.56 Å². The van der Waals surface area contributed by atoms with Gasteiger partial charge in [0.05, 0.1) is 12.2 Å². The fourth-order valence-corrected chi connectivity index (χ4v) is 2.06. The minimum Gasteiger partial charge on any atom is -0.456 e. The third-order valence-electron chi connectivity index (χ3n) is 3.45. The molecule has 0 atom stereocenters. The highest BCUT2D eigenvalue weighted by Crippen LogP contribution is 2.31. The van der Waals surface area contributed by atoms with Crippen LogP contribution in [0.15, 0.2) is 36.4 Å². The van der Waals surface area contributed by atoms with Gasteiger partial charge in [0.15, 0.2) is 0 Å². The molecular weight excluding hydrogens is 262 g/mol. The first-order chi connectivity index (χ1) is 10.0. The van der Waals surface area contributed by atoms with Crippen molar-refractivity contribution in [2.45, 2.75) is 33.3 Å². The average Bonchev–Trinajstić information content (AvgIpc) is 2.49. The van der Waals surface area contributed by atoms with E-state index in [1.807, 2.05) is 19.1 Å². The third kappa shape index (κ3) is 3.42. The molecule has 0 saturated carbocycles. The van der Waals surface area contributed by atoms with Gasteiger partial charge in [-0.2, -0.15) is 5.26 Å². The van der Waals surface area contributed by atoms with Gasteiger partial charge in [-0.1, -0.05) is 32.0 Å². The second-order valence-corrected chi connectivity index (χ2v) is 5.38. The Bertz CT molecular complexity index is 684. The molecule has 0 unspecified atom stereocenters. The molecule has 0 amide bonds. The summed E-state index contributed by atoms with van der Waals surface area (Å²) < 4.78 is 5.92. The Balaban J connectivity index is 2.38. The SMILES string of the molecule is Cc1ccc(C(C)C)cc1Oc1ccc(CO)cc1C#N. The maximum atomic E-state index is 9.22. The summed E-state index contributed by atoms with van der Waals surface area (Å²) in [6.07, 6.45) is 0. The fourth-order valence-electron chi connectivity index (χ4n) is 2.06. The Labute approximate surface area is 125 Å². The van der Waals surface area contributed by atoms with E-state index in [1.54, 1.807) is 18.2 Å². The van der Waals surface area contributed by atoms with Gasteiger partial charge in [-0.05, 0) is 47.7 Å². The summed E-state index contributed by atoms with van der Waals surface area (Å²) in [6.45, 7) is 6.15. The number of aliphatic hydroxyl groups is 1. The summed E-state index contributed by atoms with van der Waals surface area (Å²) in [6, 6.07) is 13.4. The van der Waals surface area contributed by atoms with Crippen LogP contribution in [0.1, 0.15) is 42.0 Å². The van der Waals surface area contributed by atoms with E-state index in [9.17, 15) is 5.26 Å². The van der Waals surface area contributed by atoms with Crippen molar-refractivity contribution in [3.05, 3.63) is 58.7 Å². The predicted molar refractivity (Wildman–Crippen MR) is 82.4 cm³/mol. The summed E-state index contributed by atoms with van der Waals surface area (Å²) in [5.74, 6) is 1.69. The van der Waals surface area contributed by atoms with Gasteiger partial charge in [-0.3, -0.25) is 0 Å². The van der Waals surface area contributed by atoms with E-state index < -0.39 is 0 Å². The van der Waals surface area contributed by atoms with Crippen molar-refractivity contribution in [1.29, 1.82) is 5.26 Å². The number of hydrogen-bond acceptors (Lipinski definition) is 3. The van der Waals surface area contributed by atoms with E-state index in [4.69, 9.17) is 9.84 Å². The van der Waals surface area contributed by atoms with Crippen LogP contribution in [0, 0.1) is 18.3 Å². The van der Waals surface area contributed by atoms with Gasteiger partial charge in [-0.25, -0.2) is 0 Å². The predicted octanol–water partition coefficient (Wildman–Crippen LogP) is 4.27. The summed E-state index contributed by atoms with van der Waals surface area (Å²) >= 11 is 0. The summed E-state index contributed by atoms with van der Waals surface area (Å²) in [7, 11) is 0. The summed E-state index contributed by atoms with van der Waals surface area (Å²) in [5.41, 5.74) is 3.35. The molecule has 0 aromatic heterocycles. The van der Waals surface area contributed by atoms with Crippen LogP contribution in [0.25, 0.3) is 0 Å². The highest BCUT2D eigenvalue weighted by molar-refractivity contribution is 5.49. The lowest BCUT2D eigenvalue weighted by atomic mass is 10.0. The number of nitriles is 1. The van der Waals surface area contributed by atoms with Crippen LogP contribution in [0.4, 0.5) is 0 Å². The molecule has 0 aliphatic rings. The minimum atomic E-state index is -0.0865. The van der Waals surface area contributed by atoms with Crippen LogP contribution >= 0.6 is 0 Å². The monoisotopic (exact) mass is 281 g/mol. The van der Waals surface area contributed by atoms with E-state index in [0.717, 1.165) is 11.3 Å². The lowest BCUT2D eigenvalue weighted by Gasteiger charge is -2.13. The molecule has 0 fully saturated rings. The lowest BCUT2D eigenvalue weighted by Crippen LogP contribution is -1.95. The number of aryl methyl sites for hydroxylation is 1. The normalized spacial score (nSPS) is 10.5. The smallest absolute Gasteiger partial charge is 0.145 e. The first-order valence-electron chi connectivity index (χ1n) is 6.97. The van der Waals surface area contributed by atoms with Crippen molar-refractivity contribution in [2.75, 3.05) is 0 Å². The molecule has 0 heterocycles. The molecule has 2 aromatic carbocycles. The van der Waals surface area contributed by atoms with Crippen LogP contribution in [0.5, 0.6) is 11.5 Å². The van der Waals surface area contributed by atoms with Gasteiger partial charge in [-0.15, -0.1) is 0 Å². The highest BCUT2D eigenvalue weighted by atomic mass is 16.5. The Hall–Kier alpha value is -2.31. The Morgan fingerprint density at radius 1 is 1.14 bits per heavy atom. The highest BCUT2D eigenvalue weighted by Gasteiger charge is 2.09. The largest absolute Gasteiger partial charge is 0.456 e. The quantitative estimate of drug-likeness (QED) is 0.910. The molecule has 108 valence electrons. The number of rotatable bonds is 4. The summed E-state index contributed by atoms with van der Waals surface area (Å²) in [5, 5.41) is 18.3. The minimum absolute atomic E-state index is 0.0865. The van der Waals surface area contributed by atoms with Crippen molar-refractivity contribution in [1.82, 2.24) is 0 Å². The molecule has 2 rings (SSSR count). The fraction of sp³-hybridized carbons (Fsp3) is 0.278. The topological polar surface area (TPSA) is 53.2 Å². The second kappa shape index (κ2) is 6.43. The maximum Gasteiger partial charge on any atom is 0.145 e. The number of aliphatic hydroxyl groups excluding tert-OH is 1. The van der Waals surface area contributed by atoms with Gasteiger partial charge >= 0.3 is 0 Å². The van der Waals surface area contributed by atoms with Crippen molar-refractivity contribution in [3.8, 4) is 17.6 Å². The number of benzene rings is 2. The van der Waals surface area contributed by atoms with Crippen molar-refractivity contribution < 1.29 is 9.84 Å². The molecule has 3 nitrogen and oxygen atoms in total. The zero-order valence-electron chi connectivity index (χ0n) is 12.6. The number of hydrogen-bond donors (Lipinski definition) is 1. The van der Waals surface area contributed by atoms with Gasteiger partial charge in [0.2, 0.25) is 0 Å². The Kier molecular flexibility index (Phi) is 4.62. The number of ether oxygens (including phenoxy) is 1. The number of nitrogens with zero attached hydrogens (tertiary/aromatic N) is 1. The van der Waals surface area contributed by atoms with E-state index >= 15 is 0 Å². The average molecular weight is 281 g/mol. The molecule has 2 aromatic rings. The van der Waals surface area contributed by atoms with Gasteiger partial charge < -0.3 is 9.84 Å². The molecule has 0 radical (unpaired) electrons. The molecule has 0 aliphatic heterocycles. The Morgan fingerprint density at radius 3 is 2.52 bits per heavy atom. The molecule has 3 heteroatoms. The lowest BCUT2D eigenvalue weighted by molar-refractivity contribution is 0.281. The zero-order valence-corrected chi connectivity index (χ0v) is 12.6. The van der Waals surface area contributed by atoms with Crippen molar-refractivity contribution in [3.63, 3.8) is 0 Å². The summed E-state index contributed by atoms with van der Waals surface area (Å²) in [4.78, 5) is 0. The molecule has 0 bridgehead atoms. The van der Waals surface area contributed by atoms with E-state index in [-0.39, 0.29) is 6.61 Å². The molecule has 21 heavy (non-hydrogen) atoms. The van der Waals surface area contributed by atoms with Crippen molar-refractivity contribution >= 4 is 0 Å². The standard InChI is InChI=1S/C18H19NO2/c1-12(2)15-6-4-13(3)18(9-15)21-17-7-5-14(11-20)8-16(17)10-19/h4-9,12,20H,11H2,1-3H3. The van der Waals surface area contributed by atoms with Crippen LogP contribution in [-0.2, 0) is 6.61 Å². The first kappa shape index (κ1) is 15.1.